The Kier molecular flexibility index (Phi) is 5.81. The number of halogens is 1. The van der Waals surface area contributed by atoms with E-state index in [0.717, 1.165) is 10.6 Å². The lowest BCUT2D eigenvalue weighted by Crippen LogP contribution is -2.17. The number of rotatable bonds is 7. The molecule has 1 N–H and O–H groups in total. The number of Topliss-reactive ketones (excluding diaryl/α,β-unsaturated/α-hetero) is 1. The zero-order valence-corrected chi connectivity index (χ0v) is 15.3. The van der Waals surface area contributed by atoms with Crippen molar-refractivity contribution in [1.29, 1.82) is 0 Å². The van der Waals surface area contributed by atoms with Crippen LogP contribution in [-0.2, 0) is 16.0 Å². The molecule has 0 aliphatic heterocycles. The van der Waals surface area contributed by atoms with E-state index in [1.54, 1.807) is 30.3 Å². The van der Waals surface area contributed by atoms with Gasteiger partial charge in [-0.2, -0.15) is 0 Å². The normalized spacial score (nSPS) is 11.9. The molecule has 1 atom stereocenters. The fraction of sp³-hybridized carbons (Fsp3) is 0.150. The number of aliphatic carboxylic acids is 1. The first-order valence-corrected chi connectivity index (χ1v) is 9.29. The SMILES string of the molecule is O=C(Cc1csc(-c2ccccc2Cl)n1)C[C@@H](C(=O)O)c1ccccc1. The quantitative estimate of drug-likeness (QED) is 0.632. The van der Waals surface area contributed by atoms with Crippen LogP contribution in [0, 0.1) is 0 Å². The highest BCUT2D eigenvalue weighted by Crippen LogP contribution is 2.30. The van der Waals surface area contributed by atoms with Gasteiger partial charge in [0.1, 0.15) is 10.8 Å². The van der Waals surface area contributed by atoms with Crippen LogP contribution in [0.15, 0.2) is 60.0 Å². The van der Waals surface area contributed by atoms with Crippen molar-refractivity contribution in [3.05, 3.63) is 76.3 Å². The Hall–Kier alpha value is -2.50. The number of hydrogen-bond acceptors (Lipinski definition) is 4. The minimum Gasteiger partial charge on any atom is -0.481 e. The number of carboxylic acids is 1. The maximum atomic E-state index is 12.4. The van der Waals surface area contributed by atoms with Crippen molar-refractivity contribution in [1.82, 2.24) is 4.98 Å². The van der Waals surface area contributed by atoms with Crippen LogP contribution in [-0.4, -0.2) is 21.8 Å². The molecular formula is C20H16ClNO3S. The maximum Gasteiger partial charge on any atom is 0.311 e. The molecule has 4 nitrogen and oxygen atoms in total. The van der Waals surface area contributed by atoms with E-state index in [-0.39, 0.29) is 18.6 Å². The number of carbonyl (C=O) groups is 2. The Labute approximate surface area is 160 Å². The second-order valence-corrected chi connectivity index (χ2v) is 7.11. The van der Waals surface area contributed by atoms with Crippen LogP contribution < -0.4 is 0 Å². The van der Waals surface area contributed by atoms with E-state index in [1.165, 1.54) is 11.3 Å². The molecule has 0 fully saturated rings. The van der Waals surface area contributed by atoms with Crippen LogP contribution in [0.5, 0.6) is 0 Å². The van der Waals surface area contributed by atoms with Crippen LogP contribution in [0.3, 0.4) is 0 Å². The van der Waals surface area contributed by atoms with Crippen molar-refractivity contribution in [2.24, 2.45) is 0 Å². The third-order valence-corrected chi connectivity index (χ3v) is 5.22. The summed E-state index contributed by atoms with van der Waals surface area (Å²) in [5, 5.41) is 12.6. The number of carbonyl (C=O) groups excluding carboxylic acids is 1. The molecule has 0 saturated heterocycles. The molecule has 0 amide bonds. The average molecular weight is 386 g/mol. The molecule has 1 heterocycles. The zero-order chi connectivity index (χ0) is 18.5. The first-order valence-electron chi connectivity index (χ1n) is 8.03. The van der Waals surface area contributed by atoms with Crippen LogP contribution in [0.2, 0.25) is 5.02 Å². The molecule has 0 spiro atoms. The maximum absolute atomic E-state index is 12.4. The van der Waals surface area contributed by atoms with Crippen LogP contribution in [0.25, 0.3) is 10.6 Å². The van der Waals surface area contributed by atoms with Crippen molar-refractivity contribution in [3.8, 4) is 10.6 Å². The summed E-state index contributed by atoms with van der Waals surface area (Å²) in [6.07, 6.45) is 0.0515. The standard InChI is InChI=1S/C20H16ClNO3S/c21-18-9-5-4-8-16(18)19-22-14(12-26-19)10-15(23)11-17(20(24)25)13-6-2-1-3-7-13/h1-9,12,17H,10-11H2,(H,24,25)/t17-/m1/s1. The van der Waals surface area contributed by atoms with Gasteiger partial charge < -0.3 is 5.11 Å². The number of nitrogens with zero attached hydrogens (tertiary/aromatic N) is 1. The molecule has 3 aromatic rings. The molecule has 3 rings (SSSR count). The lowest BCUT2D eigenvalue weighted by atomic mass is 9.93. The van der Waals surface area contributed by atoms with Gasteiger partial charge in [0.2, 0.25) is 0 Å². The highest BCUT2D eigenvalue weighted by molar-refractivity contribution is 7.13. The summed E-state index contributed by atoms with van der Waals surface area (Å²) in [4.78, 5) is 28.4. The van der Waals surface area contributed by atoms with Crippen molar-refractivity contribution in [3.63, 3.8) is 0 Å². The monoisotopic (exact) mass is 385 g/mol. The third kappa shape index (κ3) is 4.36. The summed E-state index contributed by atoms with van der Waals surface area (Å²) in [5.74, 6) is -2.00. The molecule has 0 bridgehead atoms. The molecule has 6 heteroatoms. The Morgan fingerprint density at radius 2 is 1.77 bits per heavy atom. The second-order valence-electron chi connectivity index (χ2n) is 5.84. The van der Waals surface area contributed by atoms with Gasteiger partial charge in [-0.05, 0) is 11.6 Å². The Bertz CT molecular complexity index is 924. The van der Waals surface area contributed by atoms with Gasteiger partial charge in [-0.25, -0.2) is 4.98 Å². The van der Waals surface area contributed by atoms with Gasteiger partial charge in [0.25, 0.3) is 0 Å². The van der Waals surface area contributed by atoms with Gasteiger partial charge in [-0.1, -0.05) is 60.1 Å². The smallest absolute Gasteiger partial charge is 0.311 e. The van der Waals surface area contributed by atoms with E-state index in [0.29, 0.717) is 16.3 Å². The molecule has 0 unspecified atom stereocenters. The Morgan fingerprint density at radius 3 is 2.46 bits per heavy atom. The molecule has 1 aromatic heterocycles. The van der Waals surface area contributed by atoms with Crippen molar-refractivity contribution in [2.45, 2.75) is 18.8 Å². The van der Waals surface area contributed by atoms with Crippen molar-refractivity contribution in [2.75, 3.05) is 0 Å². The molecule has 132 valence electrons. The summed E-state index contributed by atoms with van der Waals surface area (Å²) < 4.78 is 0. The van der Waals surface area contributed by atoms with Crippen molar-refractivity contribution >= 4 is 34.7 Å². The fourth-order valence-electron chi connectivity index (χ4n) is 2.68. The second kappa shape index (κ2) is 8.25. The van der Waals surface area contributed by atoms with Gasteiger partial charge >= 0.3 is 5.97 Å². The summed E-state index contributed by atoms with van der Waals surface area (Å²) in [6.45, 7) is 0. The fourth-order valence-corrected chi connectivity index (χ4v) is 3.82. The summed E-state index contributed by atoms with van der Waals surface area (Å²) in [5.41, 5.74) is 2.08. The van der Waals surface area contributed by atoms with E-state index in [9.17, 15) is 14.7 Å². The molecular weight excluding hydrogens is 370 g/mol. The molecule has 0 saturated carbocycles. The van der Waals surface area contributed by atoms with Gasteiger partial charge in [0, 0.05) is 23.8 Å². The molecule has 0 radical (unpaired) electrons. The van der Waals surface area contributed by atoms with Gasteiger partial charge in [0.05, 0.1) is 16.6 Å². The molecule has 0 aliphatic carbocycles. The molecule has 26 heavy (non-hydrogen) atoms. The average Bonchev–Trinajstić information content (AvgIpc) is 3.08. The van der Waals surface area contributed by atoms with Crippen molar-refractivity contribution < 1.29 is 14.7 Å². The number of aromatic nitrogens is 1. The number of benzene rings is 2. The first-order chi connectivity index (χ1) is 12.5. The van der Waals surface area contributed by atoms with Gasteiger partial charge in [-0.3, -0.25) is 9.59 Å². The summed E-state index contributed by atoms with van der Waals surface area (Å²) >= 11 is 7.60. The topological polar surface area (TPSA) is 67.3 Å². The van der Waals surface area contributed by atoms with E-state index in [2.05, 4.69) is 4.98 Å². The minimum absolute atomic E-state index is 0.0572. The summed E-state index contributed by atoms with van der Waals surface area (Å²) in [7, 11) is 0. The highest BCUT2D eigenvalue weighted by Gasteiger charge is 2.23. The van der Waals surface area contributed by atoms with Crippen LogP contribution in [0.1, 0.15) is 23.6 Å². The van der Waals surface area contributed by atoms with Crippen LogP contribution >= 0.6 is 22.9 Å². The number of ketones is 1. The van der Waals surface area contributed by atoms with E-state index >= 15 is 0 Å². The first kappa shape index (κ1) is 18.3. The summed E-state index contributed by atoms with van der Waals surface area (Å²) in [6, 6.07) is 16.2. The Morgan fingerprint density at radius 1 is 1.08 bits per heavy atom. The predicted octanol–water partition coefficient (Wildman–Crippen LogP) is 4.83. The number of carboxylic acid groups (broad SMARTS) is 1. The molecule has 0 aliphatic rings. The number of hydrogen-bond donors (Lipinski definition) is 1. The van der Waals surface area contributed by atoms with Gasteiger partial charge in [0.15, 0.2) is 0 Å². The zero-order valence-electron chi connectivity index (χ0n) is 13.8. The largest absolute Gasteiger partial charge is 0.481 e. The number of thiazole rings is 1. The van der Waals surface area contributed by atoms with Crippen LogP contribution in [0.4, 0.5) is 0 Å². The highest BCUT2D eigenvalue weighted by atomic mass is 35.5. The minimum atomic E-state index is -1.00. The lowest BCUT2D eigenvalue weighted by molar-refractivity contribution is -0.140. The van der Waals surface area contributed by atoms with Gasteiger partial charge in [-0.15, -0.1) is 11.3 Å². The molecule has 2 aromatic carbocycles. The van der Waals surface area contributed by atoms with E-state index < -0.39 is 11.9 Å². The predicted molar refractivity (Wildman–Crippen MR) is 103 cm³/mol. The third-order valence-electron chi connectivity index (χ3n) is 3.97. The Balaban J connectivity index is 1.70. The lowest BCUT2D eigenvalue weighted by Gasteiger charge is -2.11. The van der Waals surface area contributed by atoms with E-state index in [1.807, 2.05) is 29.6 Å². The van der Waals surface area contributed by atoms with E-state index in [4.69, 9.17) is 11.6 Å².